The van der Waals surface area contributed by atoms with Crippen LogP contribution in [0.5, 0.6) is 0 Å². The van der Waals surface area contributed by atoms with Crippen LogP contribution in [0, 0.1) is 0 Å². The van der Waals surface area contributed by atoms with Gasteiger partial charge in [0, 0.05) is 0 Å². The minimum Gasteiger partial charge on any atom is -0.276 e. The number of nitrogens with zero attached hydrogens (tertiary/aromatic N) is 2. The molecular formula is C4H5N3. The lowest BCUT2D eigenvalue weighted by atomic mass is 10.5. The molecule has 0 saturated heterocycles. The summed E-state index contributed by atoms with van der Waals surface area (Å²) in [6.07, 6.45) is 3.03. The largest absolute Gasteiger partial charge is 0.276 e. The Morgan fingerprint density at radius 3 is 2.86 bits per heavy atom. The Morgan fingerprint density at radius 1 is 1.71 bits per heavy atom. The highest BCUT2D eigenvalue weighted by Crippen LogP contribution is 1.80. The van der Waals surface area contributed by atoms with Crippen LogP contribution in [0.3, 0.4) is 0 Å². The second kappa shape index (κ2) is 1.55. The Bertz CT molecular complexity index is 134. The van der Waals surface area contributed by atoms with Crippen molar-refractivity contribution in [3.63, 3.8) is 0 Å². The van der Waals surface area contributed by atoms with E-state index in [1.807, 2.05) is 0 Å². The van der Waals surface area contributed by atoms with E-state index in [2.05, 4.69) is 22.1 Å². The van der Waals surface area contributed by atoms with Gasteiger partial charge >= 0.3 is 0 Å². The van der Waals surface area contributed by atoms with Gasteiger partial charge in [-0.25, -0.2) is 4.99 Å². The topological polar surface area (TPSA) is 36.8 Å². The van der Waals surface area contributed by atoms with Crippen LogP contribution in [0.2, 0.25) is 0 Å². The van der Waals surface area contributed by atoms with Crippen molar-refractivity contribution < 1.29 is 0 Å². The first kappa shape index (κ1) is 4.05. The molecule has 0 amide bonds. The number of allylic oxidation sites excluding steroid dienone is 1. The van der Waals surface area contributed by atoms with Crippen molar-refractivity contribution in [1.29, 1.82) is 0 Å². The maximum absolute atomic E-state index is 3.68. The minimum absolute atomic E-state index is 0.725. The highest BCUT2D eigenvalue weighted by molar-refractivity contribution is 5.85. The average molecular weight is 95.1 g/mol. The van der Waals surface area contributed by atoms with E-state index < -0.39 is 0 Å². The molecule has 1 heterocycles. The molecule has 1 aliphatic heterocycles. The van der Waals surface area contributed by atoms with Gasteiger partial charge in [-0.05, 0) is 0 Å². The second-order valence-corrected chi connectivity index (χ2v) is 1.16. The minimum atomic E-state index is 0.725. The first-order valence-electron chi connectivity index (χ1n) is 1.89. The maximum Gasteiger partial charge on any atom is 0.135 e. The van der Waals surface area contributed by atoms with E-state index in [0.29, 0.717) is 0 Å². The second-order valence-electron chi connectivity index (χ2n) is 1.16. The van der Waals surface area contributed by atoms with Crippen LogP contribution in [0.4, 0.5) is 0 Å². The monoisotopic (exact) mass is 95.0 g/mol. The lowest BCUT2D eigenvalue weighted by molar-refractivity contribution is 0.936. The summed E-state index contributed by atoms with van der Waals surface area (Å²) in [5, 5.41) is 3.59. The molecule has 0 aliphatic carbocycles. The van der Waals surface area contributed by atoms with Gasteiger partial charge in [-0.15, -0.1) is 0 Å². The molecule has 3 heteroatoms. The van der Waals surface area contributed by atoms with Crippen LogP contribution in [0.1, 0.15) is 0 Å². The third-order valence-corrected chi connectivity index (χ3v) is 0.563. The van der Waals surface area contributed by atoms with E-state index in [0.717, 1.165) is 5.70 Å². The Morgan fingerprint density at radius 2 is 2.57 bits per heavy atom. The van der Waals surface area contributed by atoms with E-state index in [1.165, 1.54) is 6.34 Å². The van der Waals surface area contributed by atoms with Crippen LogP contribution in [0.25, 0.3) is 0 Å². The predicted octanol–water partition coefficient (Wildman–Crippen LogP) is 0.117. The summed E-state index contributed by atoms with van der Waals surface area (Å²) in [6.45, 7) is 3.54. The zero-order chi connectivity index (χ0) is 5.11. The summed E-state index contributed by atoms with van der Waals surface area (Å²) >= 11 is 0. The molecule has 7 heavy (non-hydrogen) atoms. The van der Waals surface area contributed by atoms with Crippen LogP contribution in [-0.4, -0.2) is 12.6 Å². The lowest BCUT2D eigenvalue weighted by Crippen LogP contribution is -2.08. The SMILES string of the molecule is C=C1C=NC=NN1. The number of rotatable bonds is 0. The molecule has 36 valence electrons. The molecule has 0 saturated carbocycles. The summed E-state index contributed by atoms with van der Waals surface area (Å²) < 4.78 is 0. The fourth-order valence-corrected chi connectivity index (χ4v) is 0.297. The Labute approximate surface area is 41.4 Å². The molecule has 0 aromatic rings. The maximum atomic E-state index is 3.68. The highest BCUT2D eigenvalue weighted by Gasteiger charge is 1.84. The van der Waals surface area contributed by atoms with E-state index in [-0.39, 0.29) is 0 Å². The van der Waals surface area contributed by atoms with Gasteiger partial charge < -0.3 is 0 Å². The van der Waals surface area contributed by atoms with Crippen molar-refractivity contribution in [1.82, 2.24) is 5.43 Å². The molecule has 0 bridgehead atoms. The fourth-order valence-electron chi connectivity index (χ4n) is 0.297. The highest BCUT2D eigenvalue weighted by atomic mass is 15.3. The van der Waals surface area contributed by atoms with Gasteiger partial charge in [0.05, 0.1) is 11.9 Å². The van der Waals surface area contributed by atoms with E-state index in [4.69, 9.17) is 0 Å². The third-order valence-electron chi connectivity index (χ3n) is 0.563. The molecule has 0 radical (unpaired) electrons. The Hall–Kier alpha value is -1.12. The summed E-state index contributed by atoms with van der Waals surface area (Å²) in [7, 11) is 0. The van der Waals surface area contributed by atoms with Crippen molar-refractivity contribution >= 4 is 12.6 Å². The summed E-state index contributed by atoms with van der Waals surface area (Å²) in [5.74, 6) is 0. The fraction of sp³-hybridized carbons (Fsp3) is 0. The van der Waals surface area contributed by atoms with Gasteiger partial charge in [0.2, 0.25) is 0 Å². The molecule has 0 atom stereocenters. The smallest absolute Gasteiger partial charge is 0.135 e. The molecule has 0 spiro atoms. The zero-order valence-electron chi connectivity index (χ0n) is 3.76. The first-order chi connectivity index (χ1) is 3.39. The molecule has 0 unspecified atom stereocenters. The van der Waals surface area contributed by atoms with Crippen molar-refractivity contribution in [3.8, 4) is 0 Å². The molecule has 0 aromatic heterocycles. The zero-order valence-corrected chi connectivity index (χ0v) is 3.76. The standard InChI is InChI=1S/C4H5N3/c1-4-2-5-3-6-7-4/h2-3,7H,1H2. The van der Waals surface area contributed by atoms with Crippen LogP contribution in [0.15, 0.2) is 22.4 Å². The van der Waals surface area contributed by atoms with Gasteiger partial charge in [0.1, 0.15) is 6.34 Å². The van der Waals surface area contributed by atoms with Gasteiger partial charge in [0.15, 0.2) is 0 Å². The number of aliphatic imine (C=N–C) groups is 1. The van der Waals surface area contributed by atoms with Crippen LogP contribution < -0.4 is 5.43 Å². The van der Waals surface area contributed by atoms with Crippen molar-refractivity contribution in [2.75, 3.05) is 0 Å². The molecule has 1 rings (SSSR count). The summed E-state index contributed by atoms with van der Waals surface area (Å²) in [4.78, 5) is 3.68. The van der Waals surface area contributed by atoms with Crippen LogP contribution >= 0.6 is 0 Å². The number of hydrazone groups is 1. The first-order valence-corrected chi connectivity index (χ1v) is 1.89. The summed E-state index contributed by atoms with van der Waals surface area (Å²) in [6, 6.07) is 0. The van der Waals surface area contributed by atoms with Gasteiger partial charge in [0.25, 0.3) is 0 Å². The quantitative estimate of drug-likeness (QED) is 0.455. The Balaban J connectivity index is 2.66. The average Bonchev–Trinajstić information content (AvgIpc) is 1.69. The molecule has 0 fully saturated rings. The number of hydrogen-bond donors (Lipinski definition) is 1. The lowest BCUT2D eigenvalue weighted by Gasteiger charge is -1.97. The van der Waals surface area contributed by atoms with Gasteiger partial charge in [-0.2, -0.15) is 5.10 Å². The molecule has 1 aliphatic rings. The van der Waals surface area contributed by atoms with Crippen LogP contribution in [-0.2, 0) is 0 Å². The third kappa shape index (κ3) is 0.855. The van der Waals surface area contributed by atoms with E-state index in [1.54, 1.807) is 6.21 Å². The molecule has 1 N–H and O–H groups in total. The molecule has 0 aromatic carbocycles. The number of hydrogen-bond acceptors (Lipinski definition) is 3. The van der Waals surface area contributed by atoms with Crippen molar-refractivity contribution in [3.05, 3.63) is 12.3 Å². The predicted molar refractivity (Wildman–Crippen MR) is 29.3 cm³/mol. The Kier molecular flexibility index (Phi) is 0.898. The van der Waals surface area contributed by atoms with E-state index >= 15 is 0 Å². The normalized spacial score (nSPS) is 16.9. The van der Waals surface area contributed by atoms with Crippen molar-refractivity contribution in [2.45, 2.75) is 0 Å². The van der Waals surface area contributed by atoms with E-state index in [9.17, 15) is 0 Å². The van der Waals surface area contributed by atoms with Gasteiger partial charge in [-0.1, -0.05) is 6.58 Å². The number of nitrogens with one attached hydrogen (secondary N) is 1. The van der Waals surface area contributed by atoms with Gasteiger partial charge in [-0.3, -0.25) is 5.43 Å². The molecular weight excluding hydrogens is 90.1 g/mol. The molecule has 3 nitrogen and oxygen atoms in total. The summed E-state index contributed by atoms with van der Waals surface area (Å²) in [5.41, 5.74) is 3.33. The van der Waals surface area contributed by atoms with Crippen molar-refractivity contribution in [2.24, 2.45) is 10.1 Å².